The number of rotatable bonds is 5. The fraction of sp³-hybridized carbons (Fsp3) is 0.154. The summed E-state index contributed by atoms with van der Waals surface area (Å²) in [5.74, 6) is 0. The minimum Gasteiger partial charge on any atom is -0.358 e. The van der Waals surface area contributed by atoms with Gasteiger partial charge in [0.15, 0.2) is 5.01 Å². The maximum atomic E-state index is 6.15. The number of halogens is 1. The molecule has 0 aliphatic rings. The molecule has 3 aromatic rings. The molecule has 1 aromatic carbocycles. The third-order valence-corrected chi connectivity index (χ3v) is 3.98. The summed E-state index contributed by atoms with van der Waals surface area (Å²) in [6.07, 6.45) is 5.48. The first-order valence-electron chi connectivity index (χ1n) is 6.11. The molecular weight excluding hydrogens is 294 g/mol. The monoisotopic (exact) mass is 305 g/mol. The van der Waals surface area contributed by atoms with Gasteiger partial charge in [-0.3, -0.25) is 0 Å². The van der Waals surface area contributed by atoms with Crippen LogP contribution in [0.3, 0.4) is 0 Å². The molecule has 2 aromatic heterocycles. The summed E-state index contributed by atoms with van der Waals surface area (Å²) in [4.78, 5) is 4.00. The van der Waals surface area contributed by atoms with E-state index in [1.54, 1.807) is 12.5 Å². The van der Waals surface area contributed by atoms with Gasteiger partial charge in [0, 0.05) is 31.0 Å². The molecule has 0 saturated heterocycles. The molecule has 0 fully saturated rings. The Hall–Kier alpha value is -1.92. The Morgan fingerprint density at radius 1 is 1.25 bits per heavy atom. The lowest BCUT2D eigenvalue weighted by Gasteiger charge is -2.02. The minimum atomic E-state index is 0.689. The Kier molecular flexibility index (Phi) is 3.94. The average Bonchev–Trinajstić information content (AvgIpc) is 3.11. The van der Waals surface area contributed by atoms with Crippen LogP contribution in [0.2, 0.25) is 5.02 Å². The van der Waals surface area contributed by atoms with Gasteiger partial charge in [0.2, 0.25) is 5.13 Å². The highest BCUT2D eigenvalue weighted by Gasteiger charge is 2.09. The molecule has 0 aliphatic heterocycles. The normalized spacial score (nSPS) is 10.7. The largest absolute Gasteiger partial charge is 0.358 e. The summed E-state index contributed by atoms with van der Waals surface area (Å²) in [5.41, 5.74) is 0.911. The van der Waals surface area contributed by atoms with Crippen LogP contribution in [0.5, 0.6) is 0 Å². The minimum absolute atomic E-state index is 0.689. The topological polar surface area (TPSA) is 55.6 Å². The number of hydrogen-bond donors (Lipinski definition) is 1. The lowest BCUT2D eigenvalue weighted by molar-refractivity contribution is 0.726. The van der Waals surface area contributed by atoms with E-state index in [9.17, 15) is 0 Å². The zero-order chi connectivity index (χ0) is 13.8. The van der Waals surface area contributed by atoms with E-state index >= 15 is 0 Å². The molecule has 0 saturated carbocycles. The number of anilines is 1. The summed E-state index contributed by atoms with van der Waals surface area (Å²) in [6.45, 7) is 1.61. The van der Waals surface area contributed by atoms with Crippen LogP contribution in [0.1, 0.15) is 0 Å². The number of benzene rings is 1. The molecule has 5 nitrogen and oxygen atoms in total. The molecule has 2 heterocycles. The molecule has 7 heteroatoms. The van der Waals surface area contributed by atoms with Gasteiger partial charge >= 0.3 is 0 Å². The van der Waals surface area contributed by atoms with Gasteiger partial charge in [-0.2, -0.15) is 0 Å². The maximum absolute atomic E-state index is 6.15. The van der Waals surface area contributed by atoms with Crippen molar-refractivity contribution in [3.63, 3.8) is 0 Å². The Bertz CT molecular complexity index is 680. The first-order chi connectivity index (χ1) is 9.83. The van der Waals surface area contributed by atoms with E-state index in [4.69, 9.17) is 11.6 Å². The quantitative estimate of drug-likeness (QED) is 0.786. The van der Waals surface area contributed by atoms with Gasteiger partial charge in [0.25, 0.3) is 0 Å². The number of imidazole rings is 1. The van der Waals surface area contributed by atoms with Gasteiger partial charge in [0.05, 0.1) is 11.3 Å². The number of hydrogen-bond acceptors (Lipinski definition) is 5. The molecule has 0 amide bonds. The summed E-state index contributed by atoms with van der Waals surface area (Å²) >= 11 is 7.64. The molecule has 3 rings (SSSR count). The van der Waals surface area contributed by atoms with Crippen LogP contribution in [0.4, 0.5) is 5.13 Å². The van der Waals surface area contributed by atoms with Gasteiger partial charge < -0.3 is 9.88 Å². The van der Waals surface area contributed by atoms with Crippen molar-refractivity contribution >= 4 is 28.1 Å². The zero-order valence-electron chi connectivity index (χ0n) is 10.5. The van der Waals surface area contributed by atoms with E-state index < -0.39 is 0 Å². The SMILES string of the molecule is Clc1ccccc1-c1nnc(NCCn2ccnc2)s1. The Balaban J connectivity index is 1.64. The molecule has 102 valence electrons. The highest BCUT2D eigenvalue weighted by atomic mass is 35.5. The fourth-order valence-corrected chi connectivity index (χ4v) is 2.84. The van der Waals surface area contributed by atoms with Crippen LogP contribution in [0, 0.1) is 0 Å². The van der Waals surface area contributed by atoms with Crippen molar-refractivity contribution in [2.45, 2.75) is 6.54 Å². The van der Waals surface area contributed by atoms with Gasteiger partial charge in [-0.05, 0) is 6.07 Å². The molecule has 0 bridgehead atoms. The molecule has 1 N–H and O–H groups in total. The Morgan fingerprint density at radius 3 is 2.95 bits per heavy atom. The maximum Gasteiger partial charge on any atom is 0.206 e. The summed E-state index contributed by atoms with van der Waals surface area (Å²) in [7, 11) is 0. The first-order valence-corrected chi connectivity index (χ1v) is 7.30. The Morgan fingerprint density at radius 2 is 2.15 bits per heavy atom. The predicted molar refractivity (Wildman–Crippen MR) is 81.1 cm³/mol. The van der Waals surface area contributed by atoms with Crippen LogP contribution in [0.25, 0.3) is 10.6 Å². The van der Waals surface area contributed by atoms with E-state index in [1.807, 2.05) is 35.0 Å². The second kappa shape index (κ2) is 6.02. The van der Waals surface area contributed by atoms with Gasteiger partial charge in [0.1, 0.15) is 0 Å². The van der Waals surface area contributed by atoms with Crippen molar-refractivity contribution in [1.82, 2.24) is 19.7 Å². The molecule has 0 atom stereocenters. The molecule has 0 unspecified atom stereocenters. The summed E-state index contributed by atoms with van der Waals surface area (Å²) < 4.78 is 2.00. The van der Waals surface area contributed by atoms with E-state index in [-0.39, 0.29) is 0 Å². The standard InChI is InChI=1S/C13H12ClN5S/c14-11-4-2-1-3-10(11)12-17-18-13(20-12)16-6-8-19-7-5-15-9-19/h1-5,7,9H,6,8H2,(H,16,18). The lowest BCUT2D eigenvalue weighted by Crippen LogP contribution is -2.08. The van der Waals surface area contributed by atoms with Crippen LogP contribution in [0.15, 0.2) is 43.0 Å². The Labute approximate surface area is 125 Å². The lowest BCUT2D eigenvalue weighted by atomic mass is 10.2. The van der Waals surface area contributed by atoms with E-state index in [0.29, 0.717) is 5.02 Å². The predicted octanol–water partition coefficient (Wildman–Crippen LogP) is 3.17. The summed E-state index contributed by atoms with van der Waals surface area (Å²) in [5, 5.41) is 13.8. The second-order valence-electron chi connectivity index (χ2n) is 4.12. The third kappa shape index (κ3) is 2.97. The van der Waals surface area contributed by atoms with Crippen molar-refractivity contribution in [3.05, 3.63) is 48.0 Å². The number of nitrogens with one attached hydrogen (secondary N) is 1. The van der Waals surface area contributed by atoms with Gasteiger partial charge in [-0.1, -0.05) is 41.1 Å². The van der Waals surface area contributed by atoms with Crippen molar-refractivity contribution in [3.8, 4) is 10.6 Å². The smallest absolute Gasteiger partial charge is 0.206 e. The average molecular weight is 306 g/mol. The van der Waals surface area contributed by atoms with Gasteiger partial charge in [-0.15, -0.1) is 10.2 Å². The third-order valence-electron chi connectivity index (χ3n) is 2.73. The summed E-state index contributed by atoms with van der Waals surface area (Å²) in [6, 6.07) is 7.63. The van der Waals surface area contributed by atoms with Crippen LogP contribution < -0.4 is 5.32 Å². The first kappa shape index (κ1) is 13.1. The number of nitrogens with zero attached hydrogens (tertiary/aromatic N) is 4. The molecule has 20 heavy (non-hydrogen) atoms. The van der Waals surface area contributed by atoms with Crippen molar-refractivity contribution in [2.75, 3.05) is 11.9 Å². The molecule has 0 aliphatic carbocycles. The van der Waals surface area contributed by atoms with E-state index in [0.717, 1.165) is 28.8 Å². The van der Waals surface area contributed by atoms with Crippen LogP contribution >= 0.6 is 22.9 Å². The molecule has 0 radical (unpaired) electrons. The van der Waals surface area contributed by atoms with Gasteiger partial charge in [-0.25, -0.2) is 4.98 Å². The van der Waals surface area contributed by atoms with Crippen molar-refractivity contribution in [1.29, 1.82) is 0 Å². The van der Waals surface area contributed by atoms with E-state index in [2.05, 4.69) is 20.5 Å². The highest BCUT2D eigenvalue weighted by molar-refractivity contribution is 7.18. The molecule has 0 spiro atoms. The van der Waals surface area contributed by atoms with Crippen molar-refractivity contribution in [2.24, 2.45) is 0 Å². The van der Waals surface area contributed by atoms with Crippen molar-refractivity contribution < 1.29 is 0 Å². The zero-order valence-corrected chi connectivity index (χ0v) is 12.1. The molecular formula is C13H12ClN5S. The van der Waals surface area contributed by atoms with E-state index in [1.165, 1.54) is 11.3 Å². The highest BCUT2D eigenvalue weighted by Crippen LogP contribution is 2.31. The van der Waals surface area contributed by atoms with Crippen LogP contribution in [-0.4, -0.2) is 26.3 Å². The fourth-order valence-electron chi connectivity index (χ4n) is 1.75. The van der Waals surface area contributed by atoms with Crippen LogP contribution in [-0.2, 0) is 6.54 Å². The second-order valence-corrected chi connectivity index (χ2v) is 5.50. The number of aromatic nitrogens is 4.